The standard InChI is InChI=1S/C32H32ClN3O3S/c1-19-29-23-15-25(37)26(38-2)16-24(23)31(21-11-9-20(10-12-21)17-35-13-5-6-14-35)36(32(29)39-34-19)18-28-30(33)22-7-3-4-8-27(22)40-28/h3-4,7-12,15-16,29,31-32,37H,5-6,13-14,17-18H2,1-2H3/t29-,31-,32-/m1/s1. The van der Waals surface area contributed by atoms with E-state index in [1.807, 2.05) is 25.1 Å². The molecule has 3 aliphatic rings. The van der Waals surface area contributed by atoms with E-state index in [1.54, 1.807) is 18.4 Å². The zero-order valence-corrected chi connectivity index (χ0v) is 24.2. The van der Waals surface area contributed by atoms with E-state index < -0.39 is 0 Å². The highest BCUT2D eigenvalue weighted by Crippen LogP contribution is 2.51. The van der Waals surface area contributed by atoms with Gasteiger partial charge in [0, 0.05) is 28.1 Å². The van der Waals surface area contributed by atoms with Gasteiger partial charge >= 0.3 is 0 Å². The number of methoxy groups -OCH3 is 1. The van der Waals surface area contributed by atoms with Crippen LogP contribution in [0, 0.1) is 0 Å². The van der Waals surface area contributed by atoms with Crippen LogP contribution in [0.4, 0.5) is 0 Å². The Balaban J connectivity index is 1.34. The molecule has 4 heterocycles. The molecule has 0 saturated carbocycles. The number of phenols is 1. The van der Waals surface area contributed by atoms with Gasteiger partial charge in [-0.25, -0.2) is 4.90 Å². The van der Waals surface area contributed by atoms with Crippen molar-refractivity contribution in [3.63, 3.8) is 0 Å². The van der Waals surface area contributed by atoms with Crippen molar-refractivity contribution in [2.75, 3.05) is 20.2 Å². The minimum atomic E-state index is -0.323. The van der Waals surface area contributed by atoms with Crippen molar-refractivity contribution in [2.45, 2.75) is 51.0 Å². The Hall–Kier alpha value is -3.10. The first-order valence-electron chi connectivity index (χ1n) is 13.9. The summed E-state index contributed by atoms with van der Waals surface area (Å²) < 4.78 is 6.76. The number of phenolic OH excluding ortho intramolecular Hbond substituents is 1. The minimum absolute atomic E-state index is 0.106. The lowest BCUT2D eigenvalue weighted by Gasteiger charge is -2.43. The summed E-state index contributed by atoms with van der Waals surface area (Å²) in [5, 5.41) is 17.1. The Bertz CT molecular complexity index is 1600. The van der Waals surface area contributed by atoms with Gasteiger partial charge in [0.05, 0.1) is 29.8 Å². The molecule has 0 unspecified atom stereocenters. The molecule has 1 aromatic heterocycles. The number of hydrogen-bond donors (Lipinski definition) is 1. The molecule has 4 aromatic rings. The lowest BCUT2D eigenvalue weighted by molar-refractivity contribution is -0.0729. The third kappa shape index (κ3) is 4.36. The Morgan fingerprint density at radius 3 is 2.58 bits per heavy atom. The first-order chi connectivity index (χ1) is 19.5. The maximum atomic E-state index is 10.8. The third-order valence-corrected chi connectivity index (χ3v) is 10.2. The smallest absolute Gasteiger partial charge is 0.194 e. The second-order valence-corrected chi connectivity index (χ2v) is 12.5. The average molecular weight is 574 g/mol. The molecule has 7 rings (SSSR count). The zero-order valence-electron chi connectivity index (χ0n) is 22.6. The molecule has 0 aliphatic carbocycles. The van der Waals surface area contributed by atoms with Gasteiger partial charge in [0.25, 0.3) is 0 Å². The van der Waals surface area contributed by atoms with Gasteiger partial charge in [-0.15, -0.1) is 11.3 Å². The first kappa shape index (κ1) is 25.8. The Kier molecular flexibility index (Phi) is 6.71. The van der Waals surface area contributed by atoms with Crippen molar-refractivity contribution in [3.05, 3.63) is 92.8 Å². The Morgan fingerprint density at radius 2 is 1.82 bits per heavy atom. The quantitative estimate of drug-likeness (QED) is 0.262. The van der Waals surface area contributed by atoms with Gasteiger partial charge in [0.2, 0.25) is 0 Å². The highest BCUT2D eigenvalue weighted by atomic mass is 35.5. The second kappa shape index (κ2) is 10.4. The molecule has 0 radical (unpaired) electrons. The van der Waals surface area contributed by atoms with E-state index in [2.05, 4.69) is 57.4 Å². The topological polar surface area (TPSA) is 57.5 Å². The van der Waals surface area contributed by atoms with E-state index in [9.17, 15) is 5.11 Å². The monoisotopic (exact) mass is 573 g/mol. The lowest BCUT2D eigenvalue weighted by Crippen LogP contribution is -2.46. The molecule has 0 spiro atoms. The van der Waals surface area contributed by atoms with Crippen LogP contribution in [-0.4, -0.2) is 47.0 Å². The predicted octanol–water partition coefficient (Wildman–Crippen LogP) is 7.29. The van der Waals surface area contributed by atoms with E-state index in [0.717, 1.165) is 44.2 Å². The van der Waals surface area contributed by atoms with E-state index in [1.165, 1.54) is 36.2 Å². The van der Waals surface area contributed by atoms with Gasteiger partial charge in [-0.05, 0) is 73.3 Å². The molecule has 206 valence electrons. The number of nitrogens with zero attached hydrogens (tertiary/aromatic N) is 3. The van der Waals surface area contributed by atoms with Crippen LogP contribution in [-0.2, 0) is 17.9 Å². The number of oxime groups is 1. The maximum absolute atomic E-state index is 10.8. The summed E-state index contributed by atoms with van der Waals surface area (Å²) in [6.45, 7) is 5.92. The highest BCUT2D eigenvalue weighted by Gasteiger charge is 2.48. The van der Waals surface area contributed by atoms with Crippen LogP contribution in [0.1, 0.15) is 58.9 Å². The molecule has 0 bridgehead atoms. The first-order valence-corrected chi connectivity index (χ1v) is 15.0. The van der Waals surface area contributed by atoms with Crippen molar-refractivity contribution >= 4 is 38.7 Å². The SMILES string of the molecule is COc1cc2c(cc1O)[C@H]1C(C)=NO[C@H]1N(Cc1sc3ccccc3c1Cl)[C@@H]2c1ccc(CN2CCCC2)cc1. The van der Waals surface area contributed by atoms with Crippen LogP contribution < -0.4 is 4.74 Å². The summed E-state index contributed by atoms with van der Waals surface area (Å²) in [7, 11) is 1.59. The fourth-order valence-corrected chi connectivity index (χ4v) is 8.08. The van der Waals surface area contributed by atoms with Crippen LogP contribution in [0.15, 0.2) is 65.8 Å². The van der Waals surface area contributed by atoms with Crippen LogP contribution in [0.2, 0.25) is 5.02 Å². The van der Waals surface area contributed by atoms with Gasteiger partial charge < -0.3 is 14.7 Å². The molecule has 3 atom stereocenters. The molecule has 40 heavy (non-hydrogen) atoms. The van der Waals surface area contributed by atoms with Crippen LogP contribution >= 0.6 is 22.9 Å². The minimum Gasteiger partial charge on any atom is -0.504 e. The number of fused-ring (bicyclic) bond motifs is 4. The number of rotatable bonds is 6. The fourth-order valence-electron chi connectivity index (χ4n) is 6.58. The van der Waals surface area contributed by atoms with E-state index in [0.29, 0.717) is 12.3 Å². The third-order valence-electron chi connectivity index (χ3n) is 8.54. The summed E-state index contributed by atoms with van der Waals surface area (Å²) in [6.07, 6.45) is 2.24. The lowest BCUT2D eigenvalue weighted by atomic mass is 9.79. The number of benzene rings is 3. The van der Waals surface area contributed by atoms with Crippen LogP contribution in [0.5, 0.6) is 11.5 Å². The zero-order chi connectivity index (χ0) is 27.4. The summed E-state index contributed by atoms with van der Waals surface area (Å²) in [5.74, 6) is 0.479. The van der Waals surface area contributed by atoms with Crippen molar-refractivity contribution in [3.8, 4) is 11.5 Å². The molecule has 1 N–H and O–H groups in total. The van der Waals surface area contributed by atoms with E-state index in [4.69, 9.17) is 21.2 Å². The van der Waals surface area contributed by atoms with Crippen LogP contribution in [0.25, 0.3) is 10.1 Å². The summed E-state index contributed by atoms with van der Waals surface area (Å²) in [6, 6.07) is 20.9. The normalized spacial score (nSPS) is 22.7. The molecule has 0 amide bonds. The predicted molar refractivity (Wildman–Crippen MR) is 161 cm³/mol. The van der Waals surface area contributed by atoms with Crippen molar-refractivity contribution in [1.29, 1.82) is 0 Å². The molecular weight excluding hydrogens is 542 g/mol. The molecule has 3 aromatic carbocycles. The summed E-state index contributed by atoms with van der Waals surface area (Å²) >= 11 is 8.69. The molecule has 6 nitrogen and oxygen atoms in total. The second-order valence-electron chi connectivity index (χ2n) is 11.0. The van der Waals surface area contributed by atoms with Crippen LogP contribution in [0.3, 0.4) is 0 Å². The average Bonchev–Trinajstić information content (AvgIpc) is 3.69. The van der Waals surface area contributed by atoms with Gasteiger partial charge in [-0.2, -0.15) is 0 Å². The van der Waals surface area contributed by atoms with Crippen molar-refractivity contribution in [1.82, 2.24) is 9.80 Å². The number of thiophene rings is 1. The summed E-state index contributed by atoms with van der Waals surface area (Å²) in [4.78, 5) is 12.1. The molecule has 1 fully saturated rings. The number of likely N-dealkylation sites (tertiary alicyclic amines) is 1. The Labute approximate surface area is 243 Å². The molecule has 3 aliphatic heterocycles. The highest BCUT2D eigenvalue weighted by molar-refractivity contribution is 7.19. The fraction of sp³-hybridized carbons (Fsp3) is 0.344. The molecule has 8 heteroatoms. The molecule has 1 saturated heterocycles. The van der Waals surface area contributed by atoms with E-state index in [-0.39, 0.29) is 23.9 Å². The van der Waals surface area contributed by atoms with Gasteiger partial charge in [0.1, 0.15) is 0 Å². The molecular formula is C32H32ClN3O3S. The van der Waals surface area contributed by atoms with Crippen molar-refractivity contribution < 1.29 is 14.7 Å². The maximum Gasteiger partial charge on any atom is 0.194 e. The van der Waals surface area contributed by atoms with E-state index >= 15 is 0 Å². The number of halogens is 1. The van der Waals surface area contributed by atoms with Gasteiger partial charge in [-0.1, -0.05) is 59.2 Å². The summed E-state index contributed by atoms with van der Waals surface area (Å²) in [5.41, 5.74) is 5.47. The van der Waals surface area contributed by atoms with Gasteiger partial charge in [0.15, 0.2) is 17.7 Å². The number of aromatic hydroxyl groups is 1. The number of ether oxygens (including phenoxy) is 1. The van der Waals surface area contributed by atoms with Gasteiger partial charge in [-0.3, -0.25) is 4.90 Å². The van der Waals surface area contributed by atoms with Crippen molar-refractivity contribution in [2.24, 2.45) is 5.16 Å². The Morgan fingerprint density at radius 1 is 1.05 bits per heavy atom. The largest absolute Gasteiger partial charge is 0.504 e. The number of hydrogen-bond acceptors (Lipinski definition) is 7.